The van der Waals surface area contributed by atoms with Gasteiger partial charge in [-0.05, 0) is 6.07 Å². The molecule has 166 valence electrons. The number of methoxy groups -OCH3 is 1. The van der Waals surface area contributed by atoms with Crippen LogP contribution < -0.4 is 5.32 Å². The molecule has 0 aromatic carbocycles. The van der Waals surface area contributed by atoms with Gasteiger partial charge < -0.3 is 20.1 Å². The fourth-order valence-corrected chi connectivity index (χ4v) is 4.54. The molecule has 0 radical (unpaired) electrons. The largest absolute Gasteiger partial charge is 0.375 e. The molecule has 1 aromatic rings. The Balaban J connectivity index is 1.83. The van der Waals surface area contributed by atoms with Crippen molar-refractivity contribution in [3.8, 4) is 6.07 Å². The number of ether oxygens (including phenoxy) is 1. The number of carbonyl (C=O) groups excluding carboxylic acids is 1. The van der Waals surface area contributed by atoms with Crippen LogP contribution >= 0.6 is 11.8 Å². The number of fused-ring (bicyclic) bond motifs is 1. The summed E-state index contributed by atoms with van der Waals surface area (Å²) in [5, 5.41) is 23.9. The minimum Gasteiger partial charge on any atom is -0.375 e. The molecule has 1 aromatic heterocycles. The molecule has 8 nitrogen and oxygen atoms in total. The first-order valence-corrected chi connectivity index (χ1v) is 10.9. The van der Waals surface area contributed by atoms with Gasteiger partial charge in [-0.25, -0.2) is 9.38 Å². The van der Waals surface area contributed by atoms with Crippen LogP contribution in [0.1, 0.15) is 32.0 Å². The van der Waals surface area contributed by atoms with E-state index >= 15 is 0 Å². The zero-order valence-electron chi connectivity index (χ0n) is 18.0. The second-order valence-corrected chi connectivity index (χ2v) is 9.50. The van der Waals surface area contributed by atoms with Crippen molar-refractivity contribution >= 4 is 28.5 Å². The van der Waals surface area contributed by atoms with Gasteiger partial charge in [-0.1, -0.05) is 32.5 Å². The first-order chi connectivity index (χ1) is 14.7. The van der Waals surface area contributed by atoms with E-state index in [0.29, 0.717) is 35.3 Å². The molecule has 2 N–H and O–H groups in total. The van der Waals surface area contributed by atoms with E-state index in [2.05, 4.69) is 15.3 Å². The average Bonchev–Trinajstić information content (AvgIpc) is 2.71. The molecule has 0 bridgehead atoms. The normalized spacial score (nSPS) is 21.3. The summed E-state index contributed by atoms with van der Waals surface area (Å²) in [5.41, 5.74) is 0.483. The van der Waals surface area contributed by atoms with Crippen molar-refractivity contribution in [2.45, 2.75) is 32.4 Å². The van der Waals surface area contributed by atoms with Crippen LogP contribution in [-0.2, 0) is 14.9 Å². The van der Waals surface area contributed by atoms with E-state index in [4.69, 9.17) is 4.74 Å². The molecule has 1 saturated heterocycles. The fraction of sp³-hybridized carbons (Fsp3) is 0.524. The molecule has 1 amide bonds. The second kappa shape index (κ2) is 9.34. The Kier molecular flexibility index (Phi) is 6.99. The lowest BCUT2D eigenvalue weighted by molar-refractivity contribution is -0.124. The predicted molar refractivity (Wildman–Crippen MR) is 116 cm³/mol. The molecule has 2 atom stereocenters. The molecule has 3 heterocycles. The van der Waals surface area contributed by atoms with E-state index in [9.17, 15) is 19.6 Å². The van der Waals surface area contributed by atoms with Crippen LogP contribution in [0.3, 0.4) is 0 Å². The Labute approximate surface area is 185 Å². The number of amides is 1. The van der Waals surface area contributed by atoms with Gasteiger partial charge in [0.05, 0.1) is 11.4 Å². The number of hydrogen-bond donors (Lipinski definition) is 2. The first kappa shape index (κ1) is 23.2. The Bertz CT molecular complexity index is 967. The van der Waals surface area contributed by atoms with Crippen LogP contribution in [0.5, 0.6) is 0 Å². The third kappa shape index (κ3) is 5.06. The van der Waals surface area contributed by atoms with Gasteiger partial charge in [0.15, 0.2) is 11.4 Å². The zero-order valence-corrected chi connectivity index (χ0v) is 18.8. The smallest absolute Gasteiger partial charge is 0.245 e. The van der Waals surface area contributed by atoms with Gasteiger partial charge in [0.25, 0.3) is 0 Å². The highest BCUT2D eigenvalue weighted by Crippen LogP contribution is 2.35. The van der Waals surface area contributed by atoms with Crippen molar-refractivity contribution in [2.24, 2.45) is 10.9 Å². The molecular weight excluding hydrogens is 421 g/mol. The number of amidine groups is 1. The monoisotopic (exact) mass is 447 g/mol. The van der Waals surface area contributed by atoms with Gasteiger partial charge >= 0.3 is 0 Å². The number of halogens is 1. The van der Waals surface area contributed by atoms with Crippen LogP contribution in [0, 0.1) is 23.1 Å². The van der Waals surface area contributed by atoms with E-state index < -0.39 is 17.5 Å². The molecule has 3 rings (SSSR count). The summed E-state index contributed by atoms with van der Waals surface area (Å²) in [6.45, 7) is 6.44. The van der Waals surface area contributed by atoms with Crippen LogP contribution in [0.2, 0.25) is 0 Å². The Morgan fingerprint density at radius 1 is 1.52 bits per heavy atom. The fourth-order valence-electron chi connectivity index (χ4n) is 3.43. The molecule has 2 unspecified atom stereocenters. The van der Waals surface area contributed by atoms with E-state index in [1.807, 2.05) is 26.8 Å². The number of nitrogens with one attached hydrogen (secondary N) is 1. The van der Waals surface area contributed by atoms with Crippen molar-refractivity contribution in [1.29, 1.82) is 5.26 Å². The number of nitriles is 1. The first-order valence-electron chi connectivity index (χ1n) is 9.88. The second-order valence-electron chi connectivity index (χ2n) is 8.51. The lowest BCUT2D eigenvalue weighted by atomic mass is 9.90. The van der Waals surface area contributed by atoms with Crippen molar-refractivity contribution in [3.63, 3.8) is 0 Å². The van der Waals surface area contributed by atoms with E-state index in [-0.39, 0.29) is 29.7 Å². The number of nitrogens with zero attached hydrogens (tertiary/aromatic N) is 4. The van der Waals surface area contributed by atoms with Gasteiger partial charge in [0.2, 0.25) is 5.91 Å². The number of carbonyl (C=O) groups is 1. The topological polar surface area (TPSA) is 111 Å². The molecular formula is C21H26FN5O3S. The van der Waals surface area contributed by atoms with E-state index in [1.54, 1.807) is 4.90 Å². The summed E-state index contributed by atoms with van der Waals surface area (Å²) in [5.74, 6) is 0.0560. The summed E-state index contributed by atoms with van der Waals surface area (Å²) in [6.07, 6.45) is 0.285. The summed E-state index contributed by atoms with van der Waals surface area (Å²) in [4.78, 5) is 22.1. The highest BCUT2D eigenvalue weighted by atomic mass is 32.2. The molecule has 2 aliphatic heterocycles. The molecule has 0 aliphatic carbocycles. The molecule has 0 saturated carbocycles. The third-order valence-corrected chi connectivity index (χ3v) is 6.20. The summed E-state index contributed by atoms with van der Waals surface area (Å²) >= 11 is 1.42. The van der Waals surface area contributed by atoms with E-state index in [0.717, 1.165) is 0 Å². The molecule has 0 spiro atoms. The van der Waals surface area contributed by atoms with Crippen molar-refractivity contribution in [1.82, 2.24) is 15.2 Å². The van der Waals surface area contributed by atoms with Crippen LogP contribution in [0.25, 0.3) is 5.70 Å². The quantitative estimate of drug-likeness (QED) is 0.709. The Morgan fingerprint density at radius 3 is 2.87 bits per heavy atom. The maximum absolute atomic E-state index is 14.7. The lowest BCUT2D eigenvalue weighted by Gasteiger charge is -2.40. The Hall–Kier alpha value is -2.48. The summed E-state index contributed by atoms with van der Waals surface area (Å²) in [7, 11) is 1.45. The number of aliphatic imine (C=N–C) groups is 1. The standard InChI is InChI=1S/C21H26FN5O3S/c1-21(2,3)18-15(22)5-13(8-25-18)17-14(6-23)19(29)27-9-12(11-31-20(27)26-17)7-24-16(28)10-30-4/h5,8,12,19,29H,7,9-11H2,1-4H3,(H,24,28). The van der Waals surface area contributed by atoms with Crippen molar-refractivity contribution < 1.29 is 19.0 Å². The third-order valence-electron chi connectivity index (χ3n) is 4.97. The molecule has 31 heavy (non-hydrogen) atoms. The number of rotatable bonds is 5. The summed E-state index contributed by atoms with van der Waals surface area (Å²) < 4.78 is 19.5. The highest BCUT2D eigenvalue weighted by Gasteiger charge is 2.36. The average molecular weight is 448 g/mol. The van der Waals surface area contributed by atoms with Gasteiger partial charge in [-0.3, -0.25) is 9.78 Å². The number of aliphatic hydroxyl groups excluding tert-OH is 1. The van der Waals surface area contributed by atoms with Gasteiger partial charge in [0, 0.05) is 49.0 Å². The van der Waals surface area contributed by atoms with Crippen LogP contribution in [-0.4, -0.2) is 64.9 Å². The minimum atomic E-state index is -1.21. The van der Waals surface area contributed by atoms with Gasteiger partial charge in [0.1, 0.15) is 24.1 Å². The van der Waals surface area contributed by atoms with Gasteiger partial charge in [-0.2, -0.15) is 5.26 Å². The highest BCUT2D eigenvalue weighted by molar-refractivity contribution is 8.13. The van der Waals surface area contributed by atoms with Crippen molar-refractivity contribution in [3.05, 3.63) is 34.9 Å². The van der Waals surface area contributed by atoms with Crippen molar-refractivity contribution in [2.75, 3.05) is 32.6 Å². The van der Waals surface area contributed by atoms with Crippen LogP contribution in [0.15, 0.2) is 22.8 Å². The molecule has 10 heteroatoms. The van der Waals surface area contributed by atoms with Gasteiger partial charge in [-0.15, -0.1) is 0 Å². The SMILES string of the molecule is COCC(=O)NCC1CSC2=NC(c3cnc(C(C)(C)C)c(F)c3)=C(C#N)C(O)N2C1. The van der Waals surface area contributed by atoms with Crippen LogP contribution in [0.4, 0.5) is 4.39 Å². The lowest BCUT2D eigenvalue weighted by Crippen LogP contribution is -2.50. The minimum absolute atomic E-state index is 0.0117. The number of aromatic nitrogens is 1. The van der Waals surface area contributed by atoms with E-state index in [1.165, 1.54) is 31.1 Å². The number of thioether (sulfide) groups is 1. The zero-order chi connectivity index (χ0) is 22.8. The molecule has 1 fully saturated rings. The molecule has 2 aliphatic rings. The number of aliphatic hydroxyl groups is 1. The maximum Gasteiger partial charge on any atom is 0.245 e. The number of pyridine rings is 1. The maximum atomic E-state index is 14.7. The summed E-state index contributed by atoms with van der Waals surface area (Å²) in [6, 6.07) is 3.33. The number of hydrogen-bond acceptors (Lipinski definition) is 8. The predicted octanol–water partition coefficient (Wildman–Crippen LogP) is 1.87. The Morgan fingerprint density at radius 2 is 2.26 bits per heavy atom.